The van der Waals surface area contributed by atoms with Crippen LogP contribution in [0.2, 0.25) is 4.34 Å². The van der Waals surface area contributed by atoms with Crippen molar-refractivity contribution in [3.63, 3.8) is 0 Å². The zero-order valence-electron chi connectivity index (χ0n) is 11.6. The Morgan fingerprint density at radius 1 is 1.15 bits per heavy atom. The number of piperazine rings is 1. The zero-order valence-corrected chi connectivity index (χ0v) is 13.2. The van der Waals surface area contributed by atoms with E-state index in [0.29, 0.717) is 0 Å². The van der Waals surface area contributed by atoms with Gasteiger partial charge in [-0.25, -0.2) is 0 Å². The Morgan fingerprint density at radius 2 is 1.95 bits per heavy atom. The molecule has 1 atom stereocenters. The van der Waals surface area contributed by atoms with E-state index in [1.165, 1.54) is 4.88 Å². The van der Waals surface area contributed by atoms with Crippen LogP contribution in [0.4, 0.5) is 0 Å². The molecule has 0 spiro atoms. The SMILES string of the molecule is Clc1ccc(CN2CCN(CC3COCCO3)CC2)s1. The number of rotatable bonds is 4. The summed E-state index contributed by atoms with van der Waals surface area (Å²) < 4.78 is 12.0. The van der Waals surface area contributed by atoms with Crippen molar-refractivity contribution in [2.75, 3.05) is 52.5 Å². The molecule has 2 fully saturated rings. The van der Waals surface area contributed by atoms with E-state index < -0.39 is 0 Å². The number of hydrogen-bond donors (Lipinski definition) is 0. The molecule has 0 radical (unpaired) electrons. The van der Waals surface area contributed by atoms with Crippen LogP contribution in [-0.2, 0) is 16.0 Å². The van der Waals surface area contributed by atoms with Gasteiger partial charge in [0.2, 0.25) is 0 Å². The first-order chi connectivity index (χ1) is 9.79. The van der Waals surface area contributed by atoms with E-state index >= 15 is 0 Å². The average molecular weight is 317 g/mol. The molecule has 2 aliphatic rings. The highest BCUT2D eigenvalue weighted by molar-refractivity contribution is 7.16. The lowest BCUT2D eigenvalue weighted by Crippen LogP contribution is -2.49. The minimum absolute atomic E-state index is 0.256. The lowest BCUT2D eigenvalue weighted by molar-refractivity contribution is -0.1000. The Morgan fingerprint density at radius 3 is 2.60 bits per heavy atom. The molecule has 0 aliphatic carbocycles. The van der Waals surface area contributed by atoms with Crippen LogP contribution in [0.5, 0.6) is 0 Å². The van der Waals surface area contributed by atoms with Crippen molar-refractivity contribution in [3.05, 3.63) is 21.3 Å². The fourth-order valence-electron chi connectivity index (χ4n) is 2.72. The van der Waals surface area contributed by atoms with Crippen LogP contribution in [0.3, 0.4) is 0 Å². The molecule has 3 rings (SSSR count). The molecule has 112 valence electrons. The van der Waals surface area contributed by atoms with Gasteiger partial charge < -0.3 is 9.47 Å². The molecule has 0 aromatic carbocycles. The molecule has 1 unspecified atom stereocenters. The van der Waals surface area contributed by atoms with E-state index in [1.54, 1.807) is 11.3 Å². The highest BCUT2D eigenvalue weighted by Gasteiger charge is 2.22. The van der Waals surface area contributed by atoms with Gasteiger partial charge in [0.1, 0.15) is 0 Å². The van der Waals surface area contributed by atoms with Crippen molar-refractivity contribution >= 4 is 22.9 Å². The molecule has 6 heteroatoms. The predicted octanol–water partition coefficient (Wildman–Crippen LogP) is 1.93. The zero-order chi connectivity index (χ0) is 13.8. The normalized spacial score (nSPS) is 25.9. The van der Waals surface area contributed by atoms with Gasteiger partial charge in [-0.05, 0) is 12.1 Å². The second-order valence-electron chi connectivity index (χ2n) is 5.35. The Labute approximate surface area is 129 Å². The molecule has 4 nitrogen and oxygen atoms in total. The number of halogens is 1. The van der Waals surface area contributed by atoms with E-state index in [1.807, 2.05) is 6.07 Å². The van der Waals surface area contributed by atoms with Crippen LogP contribution in [-0.4, -0.2) is 68.4 Å². The lowest BCUT2D eigenvalue weighted by Gasteiger charge is -2.36. The minimum Gasteiger partial charge on any atom is -0.376 e. The van der Waals surface area contributed by atoms with Crippen LogP contribution >= 0.6 is 22.9 Å². The summed E-state index contributed by atoms with van der Waals surface area (Å²) in [6, 6.07) is 4.12. The van der Waals surface area contributed by atoms with E-state index in [9.17, 15) is 0 Å². The summed E-state index contributed by atoms with van der Waals surface area (Å²) in [7, 11) is 0. The van der Waals surface area contributed by atoms with Crippen molar-refractivity contribution in [2.45, 2.75) is 12.6 Å². The number of thiophene rings is 1. The van der Waals surface area contributed by atoms with Gasteiger partial charge in [-0.1, -0.05) is 11.6 Å². The van der Waals surface area contributed by atoms with Crippen LogP contribution in [0.25, 0.3) is 0 Å². The monoisotopic (exact) mass is 316 g/mol. The number of ether oxygens (including phenoxy) is 2. The summed E-state index contributed by atoms with van der Waals surface area (Å²) in [4.78, 5) is 6.33. The smallest absolute Gasteiger partial charge is 0.0936 e. The molecule has 3 heterocycles. The summed E-state index contributed by atoms with van der Waals surface area (Å²) in [6.45, 7) is 8.70. The van der Waals surface area contributed by atoms with Crippen LogP contribution in [0, 0.1) is 0 Å². The van der Waals surface area contributed by atoms with E-state index in [-0.39, 0.29) is 6.10 Å². The summed E-state index contributed by atoms with van der Waals surface area (Å²) in [5.41, 5.74) is 0. The molecule has 1 aromatic rings. The Bertz CT molecular complexity index is 415. The molecule has 0 bridgehead atoms. The van der Waals surface area contributed by atoms with Gasteiger partial charge in [0.25, 0.3) is 0 Å². The van der Waals surface area contributed by atoms with Crippen LogP contribution in [0.15, 0.2) is 12.1 Å². The Hall–Kier alpha value is -0.170. The molecular weight excluding hydrogens is 296 g/mol. The summed E-state index contributed by atoms with van der Waals surface area (Å²) in [5.74, 6) is 0. The topological polar surface area (TPSA) is 24.9 Å². The van der Waals surface area contributed by atoms with Gasteiger partial charge in [0.15, 0.2) is 0 Å². The highest BCUT2D eigenvalue weighted by atomic mass is 35.5. The summed E-state index contributed by atoms with van der Waals surface area (Å²) in [5, 5.41) is 0. The number of hydrogen-bond acceptors (Lipinski definition) is 5. The fourth-order valence-corrected chi connectivity index (χ4v) is 3.85. The molecule has 1 aromatic heterocycles. The van der Waals surface area contributed by atoms with Crippen molar-refractivity contribution in [1.29, 1.82) is 0 Å². The standard InChI is InChI=1S/C14H21ClN2O2S/c15-14-2-1-13(20-14)10-17-5-3-16(4-6-17)9-12-11-18-7-8-19-12/h1-2,12H,3-11H2. The molecule has 0 amide bonds. The first-order valence-corrected chi connectivity index (χ1v) is 8.37. The predicted molar refractivity (Wildman–Crippen MR) is 81.6 cm³/mol. The van der Waals surface area contributed by atoms with E-state index in [4.69, 9.17) is 21.1 Å². The molecule has 0 N–H and O–H groups in total. The largest absolute Gasteiger partial charge is 0.376 e. The maximum Gasteiger partial charge on any atom is 0.0936 e. The van der Waals surface area contributed by atoms with Crippen LogP contribution in [0.1, 0.15) is 4.88 Å². The van der Waals surface area contributed by atoms with Gasteiger partial charge in [0.05, 0.1) is 30.3 Å². The Kier molecular flexibility index (Phi) is 5.31. The third-order valence-corrected chi connectivity index (χ3v) is 5.04. The lowest BCUT2D eigenvalue weighted by atomic mass is 10.2. The van der Waals surface area contributed by atoms with Crippen molar-refractivity contribution in [3.8, 4) is 0 Å². The molecule has 0 saturated carbocycles. The van der Waals surface area contributed by atoms with Gasteiger partial charge in [0, 0.05) is 44.1 Å². The van der Waals surface area contributed by atoms with Crippen molar-refractivity contribution < 1.29 is 9.47 Å². The third kappa shape index (κ3) is 4.16. The molecule has 2 saturated heterocycles. The first kappa shape index (κ1) is 14.8. The van der Waals surface area contributed by atoms with Gasteiger partial charge in [-0.15, -0.1) is 11.3 Å². The maximum absolute atomic E-state index is 5.98. The third-order valence-electron chi connectivity index (χ3n) is 3.82. The first-order valence-electron chi connectivity index (χ1n) is 7.18. The van der Waals surface area contributed by atoms with Crippen molar-refractivity contribution in [2.24, 2.45) is 0 Å². The second kappa shape index (κ2) is 7.20. The Balaban J connectivity index is 1.40. The van der Waals surface area contributed by atoms with Crippen LogP contribution < -0.4 is 0 Å². The van der Waals surface area contributed by atoms with Crippen molar-refractivity contribution in [1.82, 2.24) is 9.80 Å². The second-order valence-corrected chi connectivity index (χ2v) is 7.15. The molecule has 20 heavy (non-hydrogen) atoms. The molecular formula is C14H21ClN2O2S. The van der Waals surface area contributed by atoms with E-state index in [2.05, 4.69) is 15.9 Å². The maximum atomic E-state index is 5.98. The van der Waals surface area contributed by atoms with Gasteiger partial charge >= 0.3 is 0 Å². The summed E-state index contributed by atoms with van der Waals surface area (Å²) in [6.07, 6.45) is 0.256. The summed E-state index contributed by atoms with van der Waals surface area (Å²) >= 11 is 7.66. The fraction of sp³-hybridized carbons (Fsp3) is 0.714. The highest BCUT2D eigenvalue weighted by Crippen LogP contribution is 2.23. The average Bonchev–Trinajstić information content (AvgIpc) is 2.88. The van der Waals surface area contributed by atoms with E-state index in [0.717, 1.165) is 63.4 Å². The van der Waals surface area contributed by atoms with Gasteiger partial charge in [-0.2, -0.15) is 0 Å². The molecule has 2 aliphatic heterocycles. The quantitative estimate of drug-likeness (QED) is 0.847. The number of nitrogens with zero attached hydrogens (tertiary/aromatic N) is 2. The van der Waals surface area contributed by atoms with Gasteiger partial charge in [-0.3, -0.25) is 9.80 Å². The minimum atomic E-state index is 0.256.